The maximum atomic E-state index is 10.7. The van der Waals surface area contributed by atoms with E-state index >= 15 is 0 Å². The van der Waals surface area contributed by atoms with Crippen LogP contribution in [0.4, 0.5) is 0 Å². The molecule has 0 saturated heterocycles. The van der Waals surface area contributed by atoms with Gasteiger partial charge in [0.05, 0.1) is 6.10 Å². The van der Waals surface area contributed by atoms with Crippen molar-refractivity contribution in [2.24, 2.45) is 40.4 Å². The number of hydrogen-bond acceptors (Lipinski definition) is 2. The van der Waals surface area contributed by atoms with Gasteiger partial charge in [0.25, 0.3) is 0 Å². The molecule has 25 heavy (non-hydrogen) atoms. The number of aliphatic hydroxyl groups excluding tert-OH is 1. The first kappa shape index (κ1) is 18.3. The average molecular weight is 348 g/mol. The maximum absolute atomic E-state index is 10.7. The average Bonchev–Trinajstić information content (AvgIpc) is 2.91. The molecule has 0 aromatic rings. The third kappa shape index (κ3) is 2.57. The lowest BCUT2D eigenvalue weighted by Gasteiger charge is -2.62. The van der Waals surface area contributed by atoms with Gasteiger partial charge in [0.1, 0.15) is 0 Å². The van der Waals surface area contributed by atoms with Crippen LogP contribution in [0.5, 0.6) is 0 Å². The molecule has 4 fully saturated rings. The van der Waals surface area contributed by atoms with Crippen molar-refractivity contribution in [2.45, 2.75) is 90.7 Å². The molecule has 0 radical (unpaired) electrons. The molecule has 0 amide bonds. The normalized spacial score (nSPS) is 55.6. The third-order valence-corrected chi connectivity index (χ3v) is 10.0. The van der Waals surface area contributed by atoms with Gasteiger partial charge in [0, 0.05) is 6.04 Å². The first-order valence-corrected chi connectivity index (χ1v) is 11.2. The summed E-state index contributed by atoms with van der Waals surface area (Å²) in [6.45, 7) is 7.69. The van der Waals surface area contributed by atoms with Gasteiger partial charge in [-0.2, -0.15) is 0 Å². The summed E-state index contributed by atoms with van der Waals surface area (Å²) in [6, 6.07) is 0.361. The predicted molar refractivity (Wildman–Crippen MR) is 104 cm³/mol. The zero-order valence-electron chi connectivity index (χ0n) is 17.3. The highest BCUT2D eigenvalue weighted by Crippen LogP contribution is 2.67. The quantitative estimate of drug-likeness (QED) is 0.763. The molecule has 9 unspecified atom stereocenters. The first-order chi connectivity index (χ1) is 11.8. The molecule has 0 aromatic carbocycles. The van der Waals surface area contributed by atoms with E-state index in [1.165, 1.54) is 51.4 Å². The molecule has 4 rings (SSSR count). The Bertz CT molecular complexity index is 504. The molecular weight excluding hydrogens is 306 g/mol. The summed E-state index contributed by atoms with van der Waals surface area (Å²) in [5, 5.41) is 10.7. The Morgan fingerprint density at radius 1 is 0.960 bits per heavy atom. The van der Waals surface area contributed by atoms with E-state index in [-0.39, 0.29) is 6.10 Å². The fraction of sp³-hybridized carbons (Fsp3) is 1.00. The van der Waals surface area contributed by atoms with E-state index in [1.54, 1.807) is 0 Å². The SMILES string of the molecule is CCC1CCC2C3CCC4CC(O)C(N(C)C)CC4(C)C3CCC12C. The molecule has 2 nitrogen and oxygen atoms in total. The standard InChI is InChI=1S/C23H41NO/c1-6-15-8-10-18-17-9-7-16-13-21(25)20(24(4)5)14-23(16,3)19(17)11-12-22(15,18)2/h15-21,25H,6-14H2,1-5H3. The lowest BCUT2D eigenvalue weighted by atomic mass is 9.44. The Balaban J connectivity index is 1.61. The molecule has 2 heteroatoms. The van der Waals surface area contributed by atoms with Crippen molar-refractivity contribution in [1.29, 1.82) is 0 Å². The van der Waals surface area contributed by atoms with Crippen LogP contribution in [0.2, 0.25) is 0 Å². The molecule has 0 spiro atoms. The second-order valence-electron chi connectivity index (χ2n) is 10.9. The number of fused-ring (bicyclic) bond motifs is 5. The van der Waals surface area contributed by atoms with Crippen molar-refractivity contribution in [3.8, 4) is 0 Å². The van der Waals surface area contributed by atoms with Crippen molar-refractivity contribution in [1.82, 2.24) is 4.90 Å². The van der Waals surface area contributed by atoms with E-state index in [9.17, 15) is 5.11 Å². The molecule has 4 aliphatic rings. The maximum Gasteiger partial charge on any atom is 0.0698 e. The fourth-order valence-corrected chi connectivity index (χ4v) is 8.58. The van der Waals surface area contributed by atoms with E-state index < -0.39 is 0 Å². The zero-order chi connectivity index (χ0) is 18.0. The van der Waals surface area contributed by atoms with Crippen LogP contribution >= 0.6 is 0 Å². The summed E-state index contributed by atoms with van der Waals surface area (Å²) >= 11 is 0. The molecule has 0 heterocycles. The summed E-state index contributed by atoms with van der Waals surface area (Å²) in [5.41, 5.74) is 1.09. The molecular formula is C23H41NO. The Morgan fingerprint density at radius 2 is 1.68 bits per heavy atom. The topological polar surface area (TPSA) is 23.5 Å². The van der Waals surface area contributed by atoms with Crippen LogP contribution in [0.3, 0.4) is 0 Å². The highest BCUT2D eigenvalue weighted by molar-refractivity contribution is 5.10. The first-order valence-electron chi connectivity index (χ1n) is 11.2. The van der Waals surface area contributed by atoms with Crippen LogP contribution < -0.4 is 0 Å². The van der Waals surface area contributed by atoms with E-state index in [0.29, 0.717) is 16.9 Å². The Hall–Kier alpha value is -0.0800. The van der Waals surface area contributed by atoms with Crippen LogP contribution in [-0.2, 0) is 0 Å². The molecule has 0 aromatic heterocycles. The van der Waals surface area contributed by atoms with Gasteiger partial charge in [0.15, 0.2) is 0 Å². The highest BCUT2D eigenvalue weighted by Gasteiger charge is 2.60. The van der Waals surface area contributed by atoms with Crippen molar-refractivity contribution < 1.29 is 5.11 Å². The van der Waals surface area contributed by atoms with Gasteiger partial charge in [-0.3, -0.25) is 0 Å². The summed E-state index contributed by atoms with van der Waals surface area (Å²) < 4.78 is 0. The lowest BCUT2D eigenvalue weighted by Crippen LogP contribution is -2.58. The molecule has 4 saturated carbocycles. The van der Waals surface area contributed by atoms with Gasteiger partial charge >= 0.3 is 0 Å². The van der Waals surface area contributed by atoms with Gasteiger partial charge in [-0.05, 0) is 106 Å². The zero-order valence-corrected chi connectivity index (χ0v) is 17.3. The van der Waals surface area contributed by atoms with Gasteiger partial charge in [0.2, 0.25) is 0 Å². The Labute approximate surface area is 155 Å². The van der Waals surface area contributed by atoms with E-state index in [1.807, 2.05) is 0 Å². The fourth-order valence-electron chi connectivity index (χ4n) is 8.58. The monoisotopic (exact) mass is 347 g/mol. The number of hydrogen-bond donors (Lipinski definition) is 1. The molecule has 144 valence electrons. The van der Waals surface area contributed by atoms with Crippen LogP contribution in [0.1, 0.15) is 78.6 Å². The second kappa shape index (κ2) is 6.23. The second-order valence-corrected chi connectivity index (χ2v) is 10.9. The van der Waals surface area contributed by atoms with Crippen LogP contribution in [0.15, 0.2) is 0 Å². The smallest absolute Gasteiger partial charge is 0.0698 e. The summed E-state index contributed by atoms with van der Waals surface area (Å²) in [6.07, 6.45) is 12.3. The van der Waals surface area contributed by atoms with E-state index in [0.717, 1.165) is 36.0 Å². The molecule has 0 bridgehead atoms. The summed E-state index contributed by atoms with van der Waals surface area (Å²) in [4.78, 5) is 2.30. The van der Waals surface area contributed by atoms with Gasteiger partial charge in [-0.25, -0.2) is 0 Å². The molecule has 9 atom stereocenters. The largest absolute Gasteiger partial charge is 0.391 e. The summed E-state index contributed by atoms with van der Waals surface area (Å²) in [5.74, 6) is 4.60. The third-order valence-electron chi connectivity index (χ3n) is 10.0. The van der Waals surface area contributed by atoms with Crippen molar-refractivity contribution in [3.63, 3.8) is 0 Å². The number of nitrogens with zero attached hydrogens (tertiary/aromatic N) is 1. The Kier molecular flexibility index (Phi) is 4.56. The minimum absolute atomic E-state index is 0.116. The van der Waals surface area contributed by atoms with Crippen LogP contribution in [-0.4, -0.2) is 36.2 Å². The number of rotatable bonds is 2. The molecule has 1 N–H and O–H groups in total. The van der Waals surface area contributed by atoms with Gasteiger partial charge in [-0.1, -0.05) is 27.2 Å². The van der Waals surface area contributed by atoms with Crippen LogP contribution in [0, 0.1) is 40.4 Å². The number of aliphatic hydroxyl groups is 1. The highest BCUT2D eigenvalue weighted by atomic mass is 16.3. The van der Waals surface area contributed by atoms with E-state index in [2.05, 4.69) is 39.8 Å². The van der Waals surface area contributed by atoms with Crippen molar-refractivity contribution >= 4 is 0 Å². The Morgan fingerprint density at radius 3 is 2.36 bits per heavy atom. The molecule has 0 aliphatic heterocycles. The van der Waals surface area contributed by atoms with E-state index in [4.69, 9.17) is 0 Å². The minimum Gasteiger partial charge on any atom is -0.391 e. The number of likely N-dealkylation sites (N-methyl/N-ethyl adjacent to an activating group) is 1. The molecule has 4 aliphatic carbocycles. The van der Waals surface area contributed by atoms with Gasteiger partial charge < -0.3 is 10.0 Å². The van der Waals surface area contributed by atoms with Gasteiger partial charge in [-0.15, -0.1) is 0 Å². The summed E-state index contributed by atoms with van der Waals surface area (Å²) in [7, 11) is 4.33. The lowest BCUT2D eigenvalue weighted by molar-refractivity contribution is -0.144. The van der Waals surface area contributed by atoms with Crippen molar-refractivity contribution in [3.05, 3.63) is 0 Å². The predicted octanol–water partition coefficient (Wildman–Crippen LogP) is 4.96. The van der Waals surface area contributed by atoms with Crippen molar-refractivity contribution in [2.75, 3.05) is 14.1 Å². The van der Waals surface area contributed by atoms with Crippen LogP contribution in [0.25, 0.3) is 0 Å². The minimum atomic E-state index is -0.116.